The zero-order valence-corrected chi connectivity index (χ0v) is 16.3. The van der Waals surface area contributed by atoms with Crippen LogP contribution in [0.1, 0.15) is 44.2 Å². The van der Waals surface area contributed by atoms with Crippen LogP contribution in [0.15, 0.2) is 60.7 Å². The van der Waals surface area contributed by atoms with Crippen molar-refractivity contribution in [3.8, 4) is 0 Å². The molecule has 146 valence electrons. The van der Waals surface area contributed by atoms with E-state index in [1.165, 1.54) is 5.56 Å². The van der Waals surface area contributed by atoms with Gasteiger partial charge in [-0.2, -0.15) is 0 Å². The molecule has 2 aromatic carbocycles. The summed E-state index contributed by atoms with van der Waals surface area (Å²) < 4.78 is 5.30. The van der Waals surface area contributed by atoms with Crippen molar-refractivity contribution in [3.63, 3.8) is 0 Å². The number of carbonyl (C=O) groups excluding carboxylic acids is 1. The van der Waals surface area contributed by atoms with Gasteiger partial charge in [0.25, 0.3) is 0 Å². The van der Waals surface area contributed by atoms with Crippen molar-refractivity contribution in [3.05, 3.63) is 71.8 Å². The monoisotopic (exact) mass is 369 g/mol. The molecule has 4 nitrogen and oxygen atoms in total. The molecule has 0 fully saturated rings. The zero-order valence-electron chi connectivity index (χ0n) is 16.3. The fraction of sp³-hybridized carbons (Fsp3) is 0.435. The summed E-state index contributed by atoms with van der Waals surface area (Å²) >= 11 is 0. The van der Waals surface area contributed by atoms with Crippen LogP contribution in [0.2, 0.25) is 0 Å². The smallest absolute Gasteiger partial charge is 0.407 e. The van der Waals surface area contributed by atoms with E-state index >= 15 is 0 Å². The minimum atomic E-state index is -0.583. The van der Waals surface area contributed by atoms with Crippen LogP contribution in [0, 0.1) is 5.92 Å². The molecule has 4 heteroatoms. The molecule has 0 aliphatic carbocycles. The summed E-state index contributed by atoms with van der Waals surface area (Å²) in [5, 5.41) is 13.5. The number of aliphatic hydroxyl groups is 1. The number of hydrogen-bond donors (Lipinski definition) is 2. The van der Waals surface area contributed by atoms with Crippen LogP contribution in [0.4, 0.5) is 4.79 Å². The van der Waals surface area contributed by atoms with E-state index in [2.05, 4.69) is 31.3 Å². The van der Waals surface area contributed by atoms with Gasteiger partial charge in [0, 0.05) is 0 Å². The number of nitrogens with one attached hydrogen (secondary N) is 1. The van der Waals surface area contributed by atoms with Crippen molar-refractivity contribution >= 4 is 6.09 Å². The first-order valence-electron chi connectivity index (χ1n) is 9.74. The molecule has 0 aromatic heterocycles. The van der Waals surface area contributed by atoms with E-state index in [4.69, 9.17) is 4.74 Å². The number of aryl methyl sites for hydroxylation is 1. The first kappa shape index (κ1) is 21.0. The minimum absolute atomic E-state index is 0.227. The Morgan fingerprint density at radius 1 is 1.00 bits per heavy atom. The molecule has 0 bridgehead atoms. The van der Waals surface area contributed by atoms with Crippen LogP contribution >= 0.6 is 0 Å². The molecule has 0 unspecified atom stereocenters. The van der Waals surface area contributed by atoms with Crippen molar-refractivity contribution in [1.29, 1.82) is 0 Å². The molecule has 2 N–H and O–H groups in total. The number of amides is 1. The number of hydrogen-bond acceptors (Lipinski definition) is 3. The first-order chi connectivity index (χ1) is 13.0. The number of aliphatic hydroxyl groups excluding tert-OH is 1. The van der Waals surface area contributed by atoms with E-state index in [9.17, 15) is 9.90 Å². The number of alkyl carbamates (subject to hydrolysis) is 1. The normalized spacial score (nSPS) is 13.2. The highest BCUT2D eigenvalue weighted by atomic mass is 16.5. The van der Waals surface area contributed by atoms with Gasteiger partial charge in [0.05, 0.1) is 12.1 Å². The molecule has 0 spiro atoms. The highest BCUT2D eigenvalue weighted by Crippen LogP contribution is 2.15. The Morgan fingerprint density at radius 3 is 2.19 bits per heavy atom. The van der Waals surface area contributed by atoms with Gasteiger partial charge < -0.3 is 15.2 Å². The molecule has 0 saturated heterocycles. The molecule has 0 saturated carbocycles. The average Bonchev–Trinajstić information content (AvgIpc) is 2.67. The Labute approximate surface area is 162 Å². The van der Waals surface area contributed by atoms with Gasteiger partial charge in [-0.3, -0.25) is 0 Å². The van der Waals surface area contributed by atoms with Crippen LogP contribution < -0.4 is 5.32 Å². The number of benzene rings is 2. The lowest BCUT2D eigenvalue weighted by molar-refractivity contribution is 0.0882. The molecule has 0 aliphatic rings. The van der Waals surface area contributed by atoms with Gasteiger partial charge >= 0.3 is 6.09 Å². The number of rotatable bonds is 10. The SMILES string of the molecule is CC(C)C[C@H](NC(=O)OCc1ccccc1)[C@H](O)CCCc1ccccc1. The van der Waals surface area contributed by atoms with Crippen LogP contribution in [0.3, 0.4) is 0 Å². The molecule has 1 amide bonds. The van der Waals surface area contributed by atoms with E-state index < -0.39 is 12.2 Å². The number of ether oxygens (including phenoxy) is 1. The standard InChI is InChI=1S/C23H31NO3/c1-18(2)16-21(22(25)15-9-14-19-10-5-3-6-11-19)24-23(26)27-17-20-12-7-4-8-13-20/h3-8,10-13,18,21-22,25H,9,14-17H2,1-2H3,(H,24,26)/t21-,22+/m0/s1. The van der Waals surface area contributed by atoms with E-state index in [-0.39, 0.29) is 12.6 Å². The van der Waals surface area contributed by atoms with Gasteiger partial charge in [0.2, 0.25) is 0 Å². The van der Waals surface area contributed by atoms with Gasteiger partial charge in [-0.1, -0.05) is 74.5 Å². The summed E-state index contributed by atoms with van der Waals surface area (Å²) in [6, 6.07) is 19.5. The van der Waals surface area contributed by atoms with Crippen molar-refractivity contribution in [2.45, 2.75) is 58.3 Å². The molecule has 27 heavy (non-hydrogen) atoms. The van der Waals surface area contributed by atoms with Crippen LogP contribution in [-0.2, 0) is 17.8 Å². The van der Waals surface area contributed by atoms with Crippen molar-refractivity contribution in [2.24, 2.45) is 5.92 Å². The van der Waals surface area contributed by atoms with Gasteiger partial charge in [0.15, 0.2) is 0 Å². The second-order valence-corrected chi connectivity index (χ2v) is 7.39. The Hall–Kier alpha value is -2.33. The fourth-order valence-electron chi connectivity index (χ4n) is 3.10. The van der Waals surface area contributed by atoms with E-state index in [1.54, 1.807) is 0 Å². The van der Waals surface area contributed by atoms with Gasteiger partial charge in [-0.05, 0) is 42.7 Å². The predicted molar refractivity (Wildman–Crippen MR) is 108 cm³/mol. The van der Waals surface area contributed by atoms with Crippen LogP contribution in [-0.4, -0.2) is 23.3 Å². The summed E-state index contributed by atoms with van der Waals surface area (Å²) in [5.74, 6) is 0.369. The lowest BCUT2D eigenvalue weighted by Gasteiger charge is -2.25. The Morgan fingerprint density at radius 2 is 1.59 bits per heavy atom. The van der Waals surface area contributed by atoms with E-state index in [1.807, 2.05) is 48.5 Å². The predicted octanol–water partition coefficient (Wildman–Crippen LogP) is 4.71. The largest absolute Gasteiger partial charge is 0.445 e. The topological polar surface area (TPSA) is 58.6 Å². The molecular weight excluding hydrogens is 338 g/mol. The third-order valence-corrected chi connectivity index (χ3v) is 4.51. The lowest BCUT2D eigenvalue weighted by Crippen LogP contribution is -2.44. The quantitative estimate of drug-likeness (QED) is 0.637. The summed E-state index contributed by atoms with van der Waals surface area (Å²) in [6.45, 7) is 4.40. The molecule has 0 heterocycles. The van der Waals surface area contributed by atoms with Gasteiger partial charge in [0.1, 0.15) is 6.61 Å². The molecule has 2 rings (SSSR count). The molecular formula is C23H31NO3. The summed E-state index contributed by atoms with van der Waals surface area (Å²) in [7, 11) is 0. The summed E-state index contributed by atoms with van der Waals surface area (Å²) in [5.41, 5.74) is 2.21. The second-order valence-electron chi connectivity index (χ2n) is 7.39. The molecule has 2 atom stereocenters. The van der Waals surface area contributed by atoms with Crippen molar-refractivity contribution in [2.75, 3.05) is 0 Å². The molecule has 0 radical (unpaired) electrons. The maximum absolute atomic E-state index is 12.2. The average molecular weight is 370 g/mol. The highest BCUT2D eigenvalue weighted by molar-refractivity contribution is 5.67. The lowest BCUT2D eigenvalue weighted by atomic mass is 9.95. The van der Waals surface area contributed by atoms with Gasteiger partial charge in [-0.15, -0.1) is 0 Å². The number of carbonyl (C=O) groups is 1. The van der Waals surface area contributed by atoms with Crippen LogP contribution in [0.25, 0.3) is 0 Å². The van der Waals surface area contributed by atoms with Crippen LogP contribution in [0.5, 0.6) is 0 Å². The Bertz CT molecular complexity index is 658. The maximum atomic E-state index is 12.2. The van der Waals surface area contributed by atoms with Crippen molar-refractivity contribution < 1.29 is 14.6 Å². The minimum Gasteiger partial charge on any atom is -0.445 e. The first-order valence-corrected chi connectivity index (χ1v) is 9.74. The van der Waals surface area contributed by atoms with Gasteiger partial charge in [-0.25, -0.2) is 4.79 Å². The highest BCUT2D eigenvalue weighted by Gasteiger charge is 2.22. The summed E-state index contributed by atoms with van der Waals surface area (Å²) in [6.07, 6.45) is 2.09. The Balaban J connectivity index is 1.80. The fourth-order valence-corrected chi connectivity index (χ4v) is 3.10. The maximum Gasteiger partial charge on any atom is 0.407 e. The van der Waals surface area contributed by atoms with E-state index in [0.717, 1.165) is 18.4 Å². The third-order valence-electron chi connectivity index (χ3n) is 4.51. The van der Waals surface area contributed by atoms with Crippen molar-refractivity contribution in [1.82, 2.24) is 5.32 Å². The third kappa shape index (κ3) is 8.27. The molecule has 2 aromatic rings. The van der Waals surface area contributed by atoms with E-state index in [0.29, 0.717) is 18.8 Å². The molecule has 0 aliphatic heterocycles. The second kappa shape index (κ2) is 11.4. The summed E-state index contributed by atoms with van der Waals surface area (Å²) in [4.78, 5) is 12.2. The Kier molecular flexibility index (Phi) is 8.85. The zero-order chi connectivity index (χ0) is 19.5.